The second-order valence-corrected chi connectivity index (χ2v) is 0.610. The predicted molar refractivity (Wildman–Crippen MR) is 18.9 cm³/mol. The molecule has 6 heteroatoms. The standard InChI is InChI=1S/C2H2O4.Nb.H2O/c3-1(4)2(5)6;;/h(H,3,4)(H,5,6);;1H2. The molecule has 0 atom stereocenters. The second kappa shape index (κ2) is 6.64. The maximum Gasteiger partial charge on any atom is 0.414 e. The van der Waals surface area contributed by atoms with Gasteiger partial charge in [-0.3, -0.25) is 0 Å². The van der Waals surface area contributed by atoms with Crippen LogP contribution in [0.3, 0.4) is 0 Å². The van der Waals surface area contributed by atoms with Crippen LogP contribution in [0.1, 0.15) is 0 Å². The van der Waals surface area contributed by atoms with Crippen molar-refractivity contribution in [3.63, 3.8) is 0 Å². The first-order chi connectivity index (χ1) is 2.64. The summed E-state index contributed by atoms with van der Waals surface area (Å²) in [4.78, 5) is 18.2. The van der Waals surface area contributed by atoms with Gasteiger partial charge in [0.1, 0.15) is 0 Å². The van der Waals surface area contributed by atoms with Gasteiger partial charge >= 0.3 is 11.9 Å². The molecule has 1 radical (unpaired) electrons. The molecule has 0 aromatic carbocycles. The summed E-state index contributed by atoms with van der Waals surface area (Å²) in [7, 11) is 0. The van der Waals surface area contributed by atoms with Crippen molar-refractivity contribution in [1.29, 1.82) is 0 Å². The number of hydrogen-bond acceptors (Lipinski definition) is 2. The Balaban J connectivity index is -0.000000125. The maximum atomic E-state index is 9.10. The van der Waals surface area contributed by atoms with Crippen LogP contribution in [0.15, 0.2) is 0 Å². The van der Waals surface area contributed by atoms with Crippen molar-refractivity contribution in [2.75, 3.05) is 0 Å². The molecule has 0 heterocycles. The van der Waals surface area contributed by atoms with Crippen molar-refractivity contribution in [2.45, 2.75) is 0 Å². The fraction of sp³-hybridized carbons (Fsp3) is 0. The Morgan fingerprint density at radius 2 is 1.12 bits per heavy atom. The number of hydrogen-bond donors (Lipinski definition) is 2. The van der Waals surface area contributed by atoms with Gasteiger partial charge in [0.05, 0.1) is 0 Å². The average molecular weight is 201 g/mol. The van der Waals surface area contributed by atoms with Crippen LogP contribution in [0.5, 0.6) is 0 Å². The van der Waals surface area contributed by atoms with E-state index in [9.17, 15) is 0 Å². The Hall–Kier alpha value is -0.360. The Morgan fingerprint density at radius 1 is 1.00 bits per heavy atom. The summed E-state index contributed by atoms with van der Waals surface area (Å²) in [6.07, 6.45) is 0. The average Bonchev–Trinajstić information content (AvgIpc) is 1.36. The molecule has 0 bridgehead atoms. The van der Waals surface area contributed by atoms with Crippen molar-refractivity contribution in [1.82, 2.24) is 0 Å². The minimum Gasteiger partial charge on any atom is -0.473 e. The second-order valence-electron chi connectivity index (χ2n) is 0.610. The Kier molecular flexibility index (Phi) is 13.0. The van der Waals surface area contributed by atoms with E-state index < -0.39 is 11.9 Å². The third-order valence-electron chi connectivity index (χ3n) is 0.183. The fourth-order valence-electron chi connectivity index (χ4n) is 0. The SMILES string of the molecule is O.O=C(O)C(=O)O.[Nb]. The number of aliphatic carboxylic acids is 2. The van der Waals surface area contributed by atoms with Crippen LogP contribution in [0.2, 0.25) is 0 Å². The third-order valence-corrected chi connectivity index (χ3v) is 0.183. The molecular weight excluding hydrogens is 197 g/mol. The zero-order valence-corrected chi connectivity index (χ0v) is 5.86. The molecule has 0 fully saturated rings. The van der Waals surface area contributed by atoms with E-state index in [2.05, 4.69) is 0 Å². The first-order valence-electron chi connectivity index (χ1n) is 1.11. The van der Waals surface area contributed by atoms with Crippen LogP contribution in [0.25, 0.3) is 0 Å². The van der Waals surface area contributed by atoms with Crippen molar-refractivity contribution in [2.24, 2.45) is 0 Å². The molecule has 5 nitrogen and oxygen atoms in total. The molecule has 47 valence electrons. The summed E-state index contributed by atoms with van der Waals surface area (Å²) in [6, 6.07) is 0. The minimum atomic E-state index is -1.82. The third kappa shape index (κ3) is 9.16. The molecule has 0 aliphatic carbocycles. The largest absolute Gasteiger partial charge is 0.473 e. The van der Waals surface area contributed by atoms with Gasteiger partial charge in [0, 0.05) is 22.4 Å². The number of carboxylic acid groups (broad SMARTS) is 2. The van der Waals surface area contributed by atoms with Crippen LogP contribution in [-0.4, -0.2) is 27.6 Å². The first kappa shape index (κ1) is 15.6. The van der Waals surface area contributed by atoms with Gasteiger partial charge in [-0.25, -0.2) is 9.59 Å². The summed E-state index contributed by atoms with van der Waals surface area (Å²) in [5.41, 5.74) is 0. The predicted octanol–water partition coefficient (Wildman–Crippen LogP) is -1.67. The summed E-state index contributed by atoms with van der Waals surface area (Å²) < 4.78 is 0. The van der Waals surface area contributed by atoms with Crippen LogP contribution < -0.4 is 0 Å². The van der Waals surface area contributed by atoms with Gasteiger partial charge in [0.15, 0.2) is 0 Å². The van der Waals surface area contributed by atoms with E-state index in [1.807, 2.05) is 0 Å². The van der Waals surface area contributed by atoms with E-state index in [1.165, 1.54) is 0 Å². The first-order valence-corrected chi connectivity index (χ1v) is 1.11. The zero-order valence-electron chi connectivity index (χ0n) is 3.66. The smallest absolute Gasteiger partial charge is 0.414 e. The van der Waals surface area contributed by atoms with Crippen LogP contribution in [0.4, 0.5) is 0 Å². The molecule has 8 heavy (non-hydrogen) atoms. The number of carboxylic acids is 2. The van der Waals surface area contributed by atoms with E-state index in [4.69, 9.17) is 19.8 Å². The van der Waals surface area contributed by atoms with E-state index in [0.717, 1.165) is 0 Å². The van der Waals surface area contributed by atoms with Crippen molar-refractivity contribution in [3.05, 3.63) is 0 Å². The molecule has 0 unspecified atom stereocenters. The Bertz CT molecular complexity index is 76.4. The van der Waals surface area contributed by atoms with Gasteiger partial charge in [-0.15, -0.1) is 0 Å². The van der Waals surface area contributed by atoms with Gasteiger partial charge in [0.2, 0.25) is 0 Å². The van der Waals surface area contributed by atoms with Crippen LogP contribution in [0, 0.1) is 0 Å². The van der Waals surface area contributed by atoms with E-state index >= 15 is 0 Å². The molecule has 4 N–H and O–H groups in total. The molecule has 0 aromatic heterocycles. The van der Waals surface area contributed by atoms with Gasteiger partial charge in [-0.1, -0.05) is 0 Å². The maximum absolute atomic E-state index is 9.10. The van der Waals surface area contributed by atoms with Crippen molar-refractivity contribution >= 4 is 11.9 Å². The molecule has 0 rings (SSSR count). The summed E-state index contributed by atoms with van der Waals surface area (Å²) in [6.45, 7) is 0. The van der Waals surface area contributed by atoms with Gasteiger partial charge < -0.3 is 15.7 Å². The normalized spacial score (nSPS) is 5.50. The number of carbonyl (C=O) groups is 2. The van der Waals surface area contributed by atoms with Gasteiger partial charge in [-0.2, -0.15) is 0 Å². The molecular formula is C2H4NbO5. The van der Waals surface area contributed by atoms with E-state index in [0.29, 0.717) is 0 Å². The Labute approximate surface area is 60.1 Å². The molecule has 0 saturated carbocycles. The minimum absolute atomic E-state index is 0. The zero-order chi connectivity index (χ0) is 5.15. The van der Waals surface area contributed by atoms with Gasteiger partial charge in [0.25, 0.3) is 0 Å². The van der Waals surface area contributed by atoms with Crippen molar-refractivity contribution in [3.8, 4) is 0 Å². The van der Waals surface area contributed by atoms with Crippen LogP contribution >= 0.6 is 0 Å². The topological polar surface area (TPSA) is 106 Å². The van der Waals surface area contributed by atoms with E-state index in [1.54, 1.807) is 0 Å². The summed E-state index contributed by atoms with van der Waals surface area (Å²) in [5, 5.41) is 14.8. The molecule has 0 aliphatic heterocycles. The molecule has 0 aromatic rings. The fourth-order valence-corrected chi connectivity index (χ4v) is 0. The molecule has 0 amide bonds. The van der Waals surface area contributed by atoms with Gasteiger partial charge in [-0.05, 0) is 0 Å². The quantitative estimate of drug-likeness (QED) is 0.360. The summed E-state index contributed by atoms with van der Waals surface area (Å²) >= 11 is 0. The van der Waals surface area contributed by atoms with Crippen molar-refractivity contribution < 1.29 is 47.7 Å². The molecule has 0 aliphatic rings. The van der Waals surface area contributed by atoms with Crippen LogP contribution in [-0.2, 0) is 32.0 Å². The summed E-state index contributed by atoms with van der Waals surface area (Å²) in [5.74, 6) is -3.65. The van der Waals surface area contributed by atoms with E-state index in [-0.39, 0.29) is 27.9 Å². The number of rotatable bonds is 0. The monoisotopic (exact) mass is 201 g/mol. The Morgan fingerprint density at radius 3 is 1.12 bits per heavy atom. The molecule has 0 spiro atoms. The molecule has 0 saturated heterocycles.